The fourth-order valence-electron chi connectivity index (χ4n) is 2.62. The van der Waals surface area contributed by atoms with Crippen molar-refractivity contribution in [1.82, 2.24) is 0 Å². The largest absolute Gasteiger partial charge is 0.385 e. The Bertz CT molecular complexity index is 426. The summed E-state index contributed by atoms with van der Waals surface area (Å²) in [5.74, 6) is 0.731. The molecule has 0 atom stereocenters. The number of aryl methyl sites for hydroxylation is 1. The Balaban J connectivity index is 2.04. The van der Waals surface area contributed by atoms with Crippen LogP contribution in [0.5, 0.6) is 0 Å². The van der Waals surface area contributed by atoms with Gasteiger partial charge in [-0.2, -0.15) is 0 Å². The fraction of sp³-hybridized carbons (Fsp3) is 0.571. The first kappa shape index (κ1) is 12.9. The maximum atomic E-state index is 11.0. The molecule has 0 heterocycles. The van der Waals surface area contributed by atoms with Gasteiger partial charge in [0, 0.05) is 23.9 Å². The minimum atomic E-state index is -0.292. The maximum Gasteiger partial charge on any atom is 0.274 e. The number of nitrogens with zero attached hydrogens (tertiary/aromatic N) is 1. The average Bonchev–Trinajstić information content (AvgIpc) is 2.89. The summed E-state index contributed by atoms with van der Waals surface area (Å²) in [5, 5.41) is 14.3. The number of benzene rings is 1. The normalized spacial score (nSPS) is 15.8. The van der Waals surface area contributed by atoms with E-state index in [0.717, 1.165) is 23.7 Å². The van der Waals surface area contributed by atoms with E-state index in [2.05, 4.69) is 5.32 Å². The van der Waals surface area contributed by atoms with Crippen LogP contribution in [0.3, 0.4) is 0 Å². The Hall–Kier alpha value is -1.58. The average molecular weight is 248 g/mol. The molecule has 1 aliphatic rings. The second-order valence-corrected chi connectivity index (χ2v) is 4.99. The first-order valence-corrected chi connectivity index (χ1v) is 6.72. The third-order valence-electron chi connectivity index (χ3n) is 3.73. The zero-order valence-corrected chi connectivity index (χ0v) is 10.8. The van der Waals surface area contributed by atoms with Crippen molar-refractivity contribution in [3.8, 4) is 0 Å². The molecule has 0 amide bonds. The third-order valence-corrected chi connectivity index (χ3v) is 3.73. The Morgan fingerprint density at radius 3 is 2.72 bits per heavy atom. The molecule has 0 bridgehead atoms. The Kier molecular flexibility index (Phi) is 4.18. The highest BCUT2D eigenvalue weighted by Gasteiger charge is 2.16. The highest BCUT2D eigenvalue weighted by molar-refractivity contribution is 5.55. The minimum Gasteiger partial charge on any atom is -0.385 e. The predicted molar refractivity (Wildman–Crippen MR) is 72.9 cm³/mol. The third kappa shape index (κ3) is 3.00. The van der Waals surface area contributed by atoms with Crippen LogP contribution in [0.1, 0.15) is 38.2 Å². The predicted octanol–water partition coefficient (Wildman–Crippen LogP) is 3.76. The van der Waals surface area contributed by atoms with E-state index in [9.17, 15) is 10.1 Å². The molecule has 1 aromatic rings. The van der Waals surface area contributed by atoms with Crippen molar-refractivity contribution in [2.45, 2.75) is 39.0 Å². The van der Waals surface area contributed by atoms with E-state index in [4.69, 9.17) is 0 Å². The molecule has 1 N–H and O–H groups in total. The van der Waals surface area contributed by atoms with Gasteiger partial charge in [0.15, 0.2) is 0 Å². The van der Waals surface area contributed by atoms with Crippen LogP contribution in [0, 0.1) is 16.0 Å². The molecule has 0 aliphatic heterocycles. The molecular formula is C14H20N2O2. The van der Waals surface area contributed by atoms with Crippen molar-refractivity contribution in [3.05, 3.63) is 33.9 Å². The molecule has 0 aromatic heterocycles. The van der Waals surface area contributed by atoms with Crippen LogP contribution in [0.15, 0.2) is 18.2 Å². The van der Waals surface area contributed by atoms with E-state index in [1.54, 1.807) is 6.07 Å². The van der Waals surface area contributed by atoms with E-state index >= 15 is 0 Å². The topological polar surface area (TPSA) is 55.2 Å². The molecular weight excluding hydrogens is 228 g/mol. The number of rotatable bonds is 5. The molecule has 0 radical (unpaired) electrons. The quantitative estimate of drug-likeness (QED) is 0.637. The van der Waals surface area contributed by atoms with Crippen LogP contribution >= 0.6 is 0 Å². The molecule has 0 unspecified atom stereocenters. The highest BCUT2D eigenvalue weighted by Crippen LogP contribution is 2.27. The summed E-state index contributed by atoms with van der Waals surface area (Å²) in [7, 11) is 0. The smallest absolute Gasteiger partial charge is 0.274 e. The summed E-state index contributed by atoms with van der Waals surface area (Å²) in [6.07, 6.45) is 5.89. The Labute approximate surface area is 108 Å². The lowest BCUT2D eigenvalue weighted by atomic mass is 10.1. The van der Waals surface area contributed by atoms with Gasteiger partial charge in [0.2, 0.25) is 0 Å². The lowest BCUT2D eigenvalue weighted by molar-refractivity contribution is -0.385. The van der Waals surface area contributed by atoms with Crippen molar-refractivity contribution < 1.29 is 4.92 Å². The molecule has 0 spiro atoms. The van der Waals surface area contributed by atoms with Crippen LogP contribution in [0.25, 0.3) is 0 Å². The number of anilines is 1. The van der Waals surface area contributed by atoms with Crippen molar-refractivity contribution in [3.63, 3.8) is 0 Å². The first-order chi connectivity index (χ1) is 8.70. The second kappa shape index (κ2) is 5.85. The van der Waals surface area contributed by atoms with Gasteiger partial charge < -0.3 is 5.32 Å². The van der Waals surface area contributed by atoms with Gasteiger partial charge >= 0.3 is 0 Å². The molecule has 18 heavy (non-hydrogen) atoms. The van der Waals surface area contributed by atoms with Gasteiger partial charge in [0.1, 0.15) is 0 Å². The Morgan fingerprint density at radius 1 is 1.39 bits per heavy atom. The molecule has 1 aromatic carbocycles. The summed E-state index contributed by atoms with van der Waals surface area (Å²) in [6.45, 7) is 2.87. The summed E-state index contributed by atoms with van der Waals surface area (Å²) < 4.78 is 0. The summed E-state index contributed by atoms with van der Waals surface area (Å²) in [5.41, 5.74) is 1.89. The molecule has 0 saturated heterocycles. The van der Waals surface area contributed by atoms with Crippen molar-refractivity contribution >= 4 is 11.4 Å². The molecule has 98 valence electrons. The molecule has 2 rings (SSSR count). The van der Waals surface area contributed by atoms with Gasteiger partial charge in [-0.15, -0.1) is 0 Å². The Morgan fingerprint density at radius 2 is 2.11 bits per heavy atom. The van der Waals surface area contributed by atoms with Crippen LogP contribution in [-0.4, -0.2) is 11.5 Å². The van der Waals surface area contributed by atoms with Crippen molar-refractivity contribution in [2.24, 2.45) is 5.92 Å². The monoisotopic (exact) mass is 248 g/mol. The molecule has 1 fully saturated rings. The zero-order chi connectivity index (χ0) is 13.0. The summed E-state index contributed by atoms with van der Waals surface area (Å²) in [4.78, 5) is 10.7. The van der Waals surface area contributed by atoms with E-state index in [1.807, 2.05) is 19.1 Å². The number of nitrogens with one attached hydrogen (secondary N) is 1. The number of nitro benzene ring substituents is 1. The fourth-order valence-corrected chi connectivity index (χ4v) is 2.62. The molecule has 4 nitrogen and oxygen atoms in total. The standard InChI is InChI=1S/C14H20N2O2/c1-2-12-7-8-13(9-14(12)16(17)18)15-10-11-5-3-4-6-11/h7-9,11,15H,2-6,10H2,1H3. The van der Waals surface area contributed by atoms with Crippen molar-refractivity contribution in [2.75, 3.05) is 11.9 Å². The number of hydrogen-bond acceptors (Lipinski definition) is 3. The summed E-state index contributed by atoms with van der Waals surface area (Å²) >= 11 is 0. The lowest BCUT2D eigenvalue weighted by Crippen LogP contribution is -2.11. The van der Waals surface area contributed by atoms with Gasteiger partial charge in [0.05, 0.1) is 4.92 Å². The van der Waals surface area contributed by atoms with E-state index in [1.165, 1.54) is 25.7 Å². The first-order valence-electron chi connectivity index (χ1n) is 6.72. The van der Waals surface area contributed by atoms with Crippen LogP contribution < -0.4 is 5.32 Å². The summed E-state index contributed by atoms with van der Waals surface area (Å²) in [6, 6.07) is 5.46. The van der Waals surface area contributed by atoms with E-state index < -0.39 is 0 Å². The van der Waals surface area contributed by atoms with Gasteiger partial charge in [-0.25, -0.2) is 0 Å². The lowest BCUT2D eigenvalue weighted by Gasteiger charge is -2.12. The van der Waals surface area contributed by atoms with Gasteiger partial charge in [-0.3, -0.25) is 10.1 Å². The second-order valence-electron chi connectivity index (χ2n) is 4.99. The van der Waals surface area contributed by atoms with Gasteiger partial charge in [-0.1, -0.05) is 25.8 Å². The van der Waals surface area contributed by atoms with Gasteiger partial charge in [-0.05, 0) is 31.2 Å². The molecule has 4 heteroatoms. The van der Waals surface area contributed by atoms with E-state index in [-0.39, 0.29) is 10.6 Å². The zero-order valence-electron chi connectivity index (χ0n) is 10.8. The van der Waals surface area contributed by atoms with Crippen LogP contribution in [0.4, 0.5) is 11.4 Å². The number of hydrogen-bond donors (Lipinski definition) is 1. The van der Waals surface area contributed by atoms with Crippen LogP contribution in [-0.2, 0) is 6.42 Å². The van der Waals surface area contributed by atoms with Gasteiger partial charge in [0.25, 0.3) is 5.69 Å². The molecule has 1 saturated carbocycles. The minimum absolute atomic E-state index is 0.230. The van der Waals surface area contributed by atoms with Crippen LogP contribution in [0.2, 0.25) is 0 Å². The molecule has 1 aliphatic carbocycles. The number of nitro groups is 1. The maximum absolute atomic E-state index is 11.0. The highest BCUT2D eigenvalue weighted by atomic mass is 16.6. The van der Waals surface area contributed by atoms with E-state index in [0.29, 0.717) is 6.42 Å². The SMILES string of the molecule is CCc1ccc(NCC2CCCC2)cc1[N+](=O)[O-]. The van der Waals surface area contributed by atoms with Crippen molar-refractivity contribution in [1.29, 1.82) is 0 Å².